The number of nitrogens with zero attached hydrogens (tertiary/aromatic N) is 4. The summed E-state index contributed by atoms with van der Waals surface area (Å²) in [6, 6.07) is 10.5. The van der Waals surface area contributed by atoms with Crippen molar-refractivity contribution in [3.05, 3.63) is 60.7 Å². The SMILES string of the molecule is C[C@@H]1CN(C(=O)OC(C)(C)C)CCN1S(=O)(=O)c1ccccc1-c1ccc(-c2cnc(N)nc2)c(F)c1. The number of anilines is 1. The van der Waals surface area contributed by atoms with Crippen molar-refractivity contribution in [2.24, 2.45) is 0 Å². The number of carbonyl (C=O) groups excluding carboxylic acids is 1. The van der Waals surface area contributed by atoms with Crippen LogP contribution in [-0.2, 0) is 14.8 Å². The van der Waals surface area contributed by atoms with Crippen LogP contribution in [0.5, 0.6) is 0 Å². The Morgan fingerprint density at radius 1 is 1.05 bits per heavy atom. The molecule has 37 heavy (non-hydrogen) atoms. The predicted molar refractivity (Wildman–Crippen MR) is 138 cm³/mol. The lowest BCUT2D eigenvalue weighted by Crippen LogP contribution is -2.56. The van der Waals surface area contributed by atoms with E-state index in [2.05, 4.69) is 9.97 Å². The summed E-state index contributed by atoms with van der Waals surface area (Å²) in [7, 11) is -3.96. The fourth-order valence-corrected chi connectivity index (χ4v) is 6.07. The van der Waals surface area contributed by atoms with Crippen LogP contribution >= 0.6 is 0 Å². The van der Waals surface area contributed by atoms with Crippen molar-refractivity contribution < 1.29 is 22.3 Å². The van der Waals surface area contributed by atoms with E-state index in [1.165, 1.54) is 33.7 Å². The molecule has 1 amide bonds. The molecule has 1 fully saturated rings. The van der Waals surface area contributed by atoms with E-state index < -0.39 is 33.6 Å². The van der Waals surface area contributed by atoms with Gasteiger partial charge < -0.3 is 15.4 Å². The molecular weight excluding hydrogens is 497 g/mol. The number of hydrogen-bond acceptors (Lipinski definition) is 7. The number of piperazine rings is 1. The van der Waals surface area contributed by atoms with Gasteiger partial charge >= 0.3 is 6.09 Å². The highest BCUT2D eigenvalue weighted by molar-refractivity contribution is 7.89. The van der Waals surface area contributed by atoms with Crippen molar-refractivity contribution in [2.75, 3.05) is 25.4 Å². The molecule has 1 atom stereocenters. The van der Waals surface area contributed by atoms with Crippen molar-refractivity contribution in [3.63, 3.8) is 0 Å². The molecule has 196 valence electrons. The van der Waals surface area contributed by atoms with Crippen LogP contribution in [-0.4, -0.2) is 65.0 Å². The summed E-state index contributed by atoms with van der Waals surface area (Å²) < 4.78 is 49.5. The van der Waals surface area contributed by atoms with E-state index in [9.17, 15) is 13.2 Å². The third-order valence-corrected chi connectivity index (χ3v) is 8.03. The number of ether oxygens (including phenoxy) is 1. The second-order valence-electron chi connectivity index (χ2n) is 9.91. The molecular formula is C26H30FN5O4S. The zero-order valence-corrected chi connectivity index (χ0v) is 22.0. The number of carbonyl (C=O) groups is 1. The number of rotatable bonds is 4. The molecule has 0 bridgehead atoms. The number of aromatic nitrogens is 2. The van der Waals surface area contributed by atoms with Gasteiger partial charge in [-0.3, -0.25) is 0 Å². The number of halogens is 1. The third-order valence-electron chi connectivity index (χ3n) is 5.95. The van der Waals surface area contributed by atoms with Crippen LogP contribution in [0.15, 0.2) is 59.8 Å². The van der Waals surface area contributed by atoms with Gasteiger partial charge in [0.2, 0.25) is 16.0 Å². The number of nitrogen functional groups attached to an aromatic ring is 1. The molecule has 9 nitrogen and oxygen atoms in total. The first kappa shape index (κ1) is 26.5. The molecule has 1 aliphatic heterocycles. The number of hydrogen-bond donors (Lipinski definition) is 1. The Bertz CT molecular complexity index is 1410. The van der Waals surface area contributed by atoms with Crippen LogP contribution in [0.1, 0.15) is 27.7 Å². The summed E-state index contributed by atoms with van der Waals surface area (Å²) >= 11 is 0. The quantitative estimate of drug-likeness (QED) is 0.541. The Balaban J connectivity index is 1.61. The number of nitrogens with two attached hydrogens (primary N) is 1. The molecule has 0 unspecified atom stereocenters. The van der Waals surface area contributed by atoms with Crippen molar-refractivity contribution in [1.29, 1.82) is 0 Å². The number of benzene rings is 2. The van der Waals surface area contributed by atoms with E-state index in [-0.39, 0.29) is 36.0 Å². The number of sulfonamides is 1. The van der Waals surface area contributed by atoms with Gasteiger partial charge in [-0.1, -0.05) is 30.3 Å². The smallest absolute Gasteiger partial charge is 0.410 e. The molecule has 2 aromatic carbocycles. The molecule has 3 aromatic rings. The lowest BCUT2D eigenvalue weighted by atomic mass is 10.0. The fraction of sp³-hybridized carbons (Fsp3) is 0.346. The van der Waals surface area contributed by atoms with Gasteiger partial charge in [0.25, 0.3) is 0 Å². The van der Waals surface area contributed by atoms with Gasteiger partial charge in [-0.05, 0) is 45.4 Å². The zero-order chi connectivity index (χ0) is 27.0. The first-order valence-corrected chi connectivity index (χ1v) is 13.3. The van der Waals surface area contributed by atoms with Crippen LogP contribution in [0, 0.1) is 5.82 Å². The average Bonchev–Trinajstić information content (AvgIpc) is 2.83. The van der Waals surface area contributed by atoms with E-state index in [0.29, 0.717) is 16.7 Å². The standard InChI is InChI=1S/C26H30FN5O4S/c1-17-16-31(25(33)36-26(2,3)4)11-12-32(17)37(34,35)23-8-6-5-7-21(23)18-9-10-20(22(27)13-18)19-14-29-24(28)30-15-19/h5-10,13-15,17H,11-12,16H2,1-4H3,(H2,28,29,30)/t17-/m1/s1. The molecule has 2 N–H and O–H groups in total. The van der Waals surface area contributed by atoms with E-state index in [0.717, 1.165) is 0 Å². The van der Waals surface area contributed by atoms with Crippen molar-refractivity contribution in [3.8, 4) is 22.3 Å². The summed E-state index contributed by atoms with van der Waals surface area (Å²) in [4.78, 5) is 21.9. The molecule has 1 saturated heterocycles. The molecule has 11 heteroatoms. The normalized spacial score (nSPS) is 17.0. The maximum atomic E-state index is 15.1. The van der Waals surface area contributed by atoms with Gasteiger partial charge in [-0.15, -0.1) is 0 Å². The Morgan fingerprint density at radius 3 is 2.35 bits per heavy atom. The van der Waals surface area contributed by atoms with Gasteiger partial charge in [-0.2, -0.15) is 4.31 Å². The first-order valence-electron chi connectivity index (χ1n) is 11.8. The highest BCUT2D eigenvalue weighted by atomic mass is 32.2. The van der Waals surface area contributed by atoms with Gasteiger partial charge in [0.15, 0.2) is 0 Å². The number of amides is 1. The maximum Gasteiger partial charge on any atom is 0.410 e. The van der Waals surface area contributed by atoms with Gasteiger partial charge in [0.05, 0.1) is 4.90 Å². The van der Waals surface area contributed by atoms with Crippen LogP contribution in [0.4, 0.5) is 15.1 Å². The van der Waals surface area contributed by atoms with Crippen LogP contribution in [0.3, 0.4) is 0 Å². The minimum absolute atomic E-state index is 0.0653. The second kappa shape index (κ2) is 10.1. The summed E-state index contributed by atoms with van der Waals surface area (Å²) in [6.07, 6.45) is 2.38. The monoisotopic (exact) mass is 527 g/mol. The van der Waals surface area contributed by atoms with E-state index in [4.69, 9.17) is 10.5 Å². The molecule has 0 aliphatic carbocycles. The topological polar surface area (TPSA) is 119 Å². The molecule has 4 rings (SSSR count). The molecule has 0 saturated carbocycles. The third kappa shape index (κ3) is 5.72. The van der Waals surface area contributed by atoms with Crippen LogP contribution in [0.25, 0.3) is 22.3 Å². The molecule has 0 radical (unpaired) electrons. The summed E-state index contributed by atoms with van der Waals surface area (Å²) in [6.45, 7) is 7.61. The molecule has 1 aromatic heterocycles. The summed E-state index contributed by atoms with van der Waals surface area (Å²) in [5.41, 5.74) is 6.39. The Kier molecular flexibility index (Phi) is 7.20. The van der Waals surface area contributed by atoms with E-state index in [1.807, 2.05) is 0 Å². The second-order valence-corrected chi connectivity index (χ2v) is 11.8. The maximum absolute atomic E-state index is 15.1. The summed E-state index contributed by atoms with van der Waals surface area (Å²) in [5.74, 6) is -0.460. The van der Waals surface area contributed by atoms with Crippen LogP contribution in [0.2, 0.25) is 0 Å². The molecule has 1 aliphatic rings. The highest BCUT2D eigenvalue weighted by Crippen LogP contribution is 2.34. The van der Waals surface area contributed by atoms with Crippen molar-refractivity contribution in [2.45, 2.75) is 44.2 Å². The van der Waals surface area contributed by atoms with Gasteiger partial charge in [0.1, 0.15) is 11.4 Å². The fourth-order valence-electron chi connectivity index (χ4n) is 4.24. The molecule has 0 spiro atoms. The van der Waals surface area contributed by atoms with Crippen molar-refractivity contribution >= 4 is 22.1 Å². The highest BCUT2D eigenvalue weighted by Gasteiger charge is 2.37. The van der Waals surface area contributed by atoms with Gasteiger partial charge in [-0.25, -0.2) is 27.6 Å². The lowest BCUT2D eigenvalue weighted by molar-refractivity contribution is 0.0143. The molecule has 2 heterocycles. The van der Waals surface area contributed by atoms with Crippen LogP contribution < -0.4 is 5.73 Å². The largest absolute Gasteiger partial charge is 0.444 e. The lowest BCUT2D eigenvalue weighted by Gasteiger charge is -2.39. The van der Waals surface area contributed by atoms with Gasteiger partial charge in [0, 0.05) is 54.8 Å². The zero-order valence-electron chi connectivity index (χ0n) is 21.2. The average molecular weight is 528 g/mol. The Morgan fingerprint density at radius 2 is 1.73 bits per heavy atom. The first-order chi connectivity index (χ1) is 17.4. The minimum Gasteiger partial charge on any atom is -0.444 e. The predicted octanol–water partition coefficient (Wildman–Crippen LogP) is 4.16. The minimum atomic E-state index is -3.96. The van der Waals surface area contributed by atoms with E-state index >= 15 is 4.39 Å². The van der Waals surface area contributed by atoms with Crippen molar-refractivity contribution in [1.82, 2.24) is 19.2 Å². The van der Waals surface area contributed by atoms with E-state index in [1.54, 1.807) is 58.0 Å². The summed E-state index contributed by atoms with van der Waals surface area (Å²) in [5, 5.41) is 0. The Labute approximate surface area is 216 Å². The Hall–Kier alpha value is -3.57.